The number of carboxylic acid groups (broad SMARTS) is 1. The van der Waals surface area contributed by atoms with Crippen molar-refractivity contribution in [2.24, 2.45) is 4.99 Å². The second kappa shape index (κ2) is 13.7. The smallest absolute Gasteiger partial charge is 0.417 e. The molecule has 1 aliphatic rings. The van der Waals surface area contributed by atoms with Crippen molar-refractivity contribution in [2.45, 2.75) is 43.8 Å². The summed E-state index contributed by atoms with van der Waals surface area (Å²) in [5, 5.41) is 23.6. The number of aliphatic imine (C=N–C) groups is 1. The van der Waals surface area contributed by atoms with E-state index in [1.807, 2.05) is 35.2 Å². The number of carboxylic acids is 1. The van der Waals surface area contributed by atoms with Crippen LogP contribution in [0.15, 0.2) is 89.9 Å². The van der Waals surface area contributed by atoms with Gasteiger partial charge in [-0.2, -0.15) is 13.2 Å². The van der Waals surface area contributed by atoms with E-state index in [-0.39, 0.29) is 33.5 Å². The van der Waals surface area contributed by atoms with Crippen LogP contribution in [0.1, 0.15) is 29.5 Å². The number of hydrogen-bond donors (Lipinski definition) is 2. The molecule has 11 heteroatoms. The number of likely N-dealkylation sites (tertiary alicyclic amines) is 1. The molecule has 0 bridgehead atoms. The zero-order valence-corrected chi connectivity index (χ0v) is 22.1. The molecule has 2 N–H and O–H groups in total. The third kappa shape index (κ3) is 7.56. The van der Waals surface area contributed by atoms with Crippen molar-refractivity contribution in [3.8, 4) is 0 Å². The number of carbonyl (C=O) groups excluding carboxylic acids is 1. The van der Waals surface area contributed by atoms with Crippen LogP contribution in [0.3, 0.4) is 0 Å². The fourth-order valence-electron chi connectivity index (χ4n) is 4.55. The van der Waals surface area contributed by atoms with E-state index in [2.05, 4.69) is 10.3 Å². The summed E-state index contributed by atoms with van der Waals surface area (Å²) < 4.78 is 39.8. The quantitative estimate of drug-likeness (QED) is 0.264. The Labute approximate surface area is 239 Å². The summed E-state index contributed by atoms with van der Waals surface area (Å²) in [6.07, 6.45) is -7.02. The number of aliphatic hydroxyl groups excluding tert-OH is 1. The topological polar surface area (TPSA) is 104 Å². The molecule has 3 aromatic carbocycles. The average molecular weight is 597 g/mol. The van der Waals surface area contributed by atoms with Crippen molar-refractivity contribution in [3.63, 3.8) is 0 Å². The third-order valence-electron chi connectivity index (χ3n) is 6.47. The molecule has 0 aromatic heterocycles. The zero-order valence-electron chi connectivity index (χ0n) is 21.1. The second-order valence-electron chi connectivity index (χ2n) is 9.19. The van der Waals surface area contributed by atoms with Crippen LogP contribution < -0.4 is 0 Å². The minimum atomic E-state index is -5.21. The van der Waals surface area contributed by atoms with Crippen molar-refractivity contribution in [1.82, 2.24) is 4.90 Å². The number of rotatable bonds is 9. The standard InChI is InChI=1S/C29H28F3N3O4.Ni/c30-29(31,32)26(36)25(28(38)39)34-24(20-12-5-2-6-13-20)21-14-7-8-15-22(21)33-27(37)23-16-9-17-35(23)18-19-10-3-1-4-11-19;/h1-8,10-15,23,25-26,36H,9,16-18H2,(H2,33,34,37,38,39);/p-1/t23-,25+,26+;/m0./s1. The molecular formula is C29H27F3N3NiO4-. The number of nitrogens with zero attached hydrogens (tertiary/aromatic N) is 3. The van der Waals surface area contributed by atoms with Crippen molar-refractivity contribution >= 4 is 23.3 Å². The molecule has 1 aliphatic heterocycles. The van der Waals surface area contributed by atoms with E-state index in [0.717, 1.165) is 18.5 Å². The van der Waals surface area contributed by atoms with E-state index in [1.54, 1.807) is 42.5 Å². The average Bonchev–Trinajstić information content (AvgIpc) is 3.38. The zero-order chi connectivity index (χ0) is 28.0. The molecule has 1 amide bonds. The first kappa shape index (κ1) is 31.0. The summed E-state index contributed by atoms with van der Waals surface area (Å²) in [6.45, 7) is 1.29. The summed E-state index contributed by atoms with van der Waals surface area (Å²) in [7, 11) is 0. The molecule has 1 saturated heterocycles. The molecule has 40 heavy (non-hydrogen) atoms. The van der Waals surface area contributed by atoms with E-state index in [9.17, 15) is 33.0 Å². The van der Waals surface area contributed by atoms with Crippen molar-refractivity contribution in [1.29, 1.82) is 0 Å². The fraction of sp³-hybridized carbons (Fsp3) is 0.276. The number of aliphatic carboxylic acids is 1. The molecule has 0 aliphatic carbocycles. The van der Waals surface area contributed by atoms with E-state index in [0.29, 0.717) is 18.5 Å². The predicted octanol–water partition coefficient (Wildman–Crippen LogP) is 5.09. The van der Waals surface area contributed by atoms with Gasteiger partial charge in [0.1, 0.15) is 0 Å². The summed E-state index contributed by atoms with van der Waals surface area (Å²) in [6, 6.07) is 21.0. The van der Waals surface area contributed by atoms with Crippen LogP contribution in [0.2, 0.25) is 0 Å². The Morgan fingerprint density at radius 3 is 2.20 bits per heavy atom. The first-order valence-electron chi connectivity index (χ1n) is 12.4. The second-order valence-corrected chi connectivity index (χ2v) is 9.19. The molecule has 0 spiro atoms. The van der Waals surface area contributed by atoms with E-state index in [4.69, 9.17) is 0 Å². The number of aliphatic hydroxyl groups is 1. The fourth-order valence-corrected chi connectivity index (χ4v) is 4.55. The summed E-state index contributed by atoms with van der Waals surface area (Å²) in [4.78, 5) is 31.0. The molecule has 214 valence electrons. The van der Waals surface area contributed by atoms with Gasteiger partial charge in [-0.15, -0.1) is 5.69 Å². The first-order chi connectivity index (χ1) is 18.6. The maximum absolute atomic E-state index is 13.4. The van der Waals surface area contributed by atoms with Crippen LogP contribution in [0.4, 0.5) is 18.9 Å². The molecule has 1 fully saturated rings. The molecular weight excluding hydrogens is 570 g/mol. The summed E-state index contributed by atoms with van der Waals surface area (Å²) in [5.74, 6) is -2.35. The number of carbonyl (C=O) groups is 2. The Hall–Kier alpha value is -3.53. The molecule has 0 unspecified atom stereocenters. The largest absolute Gasteiger partial charge is 0.625 e. The van der Waals surface area contributed by atoms with Gasteiger partial charge in [0.05, 0.1) is 17.7 Å². The van der Waals surface area contributed by atoms with Gasteiger partial charge in [0.15, 0.2) is 12.1 Å². The van der Waals surface area contributed by atoms with Crippen molar-refractivity contribution < 1.29 is 49.5 Å². The van der Waals surface area contributed by atoms with Gasteiger partial charge in [0, 0.05) is 28.6 Å². The number of alkyl halides is 3. The van der Waals surface area contributed by atoms with Crippen LogP contribution in [-0.2, 0) is 32.6 Å². The van der Waals surface area contributed by atoms with Crippen LogP contribution in [-0.4, -0.2) is 63.6 Å². The van der Waals surface area contributed by atoms with Gasteiger partial charge in [-0.25, -0.2) is 4.79 Å². The van der Waals surface area contributed by atoms with Gasteiger partial charge < -0.3 is 20.3 Å². The van der Waals surface area contributed by atoms with Gasteiger partial charge in [-0.1, -0.05) is 84.9 Å². The van der Waals surface area contributed by atoms with Crippen molar-refractivity contribution in [2.75, 3.05) is 6.54 Å². The Kier molecular flexibility index (Phi) is 10.6. The minimum absolute atomic E-state index is 0. The van der Waals surface area contributed by atoms with Gasteiger partial charge in [0.25, 0.3) is 0 Å². The maximum atomic E-state index is 13.4. The SMILES string of the molecule is O=C(O)[C@H](N=C(c1ccccc1)c1ccccc1[N-]C(=O)[C@@H]1CCCN1Cc1ccccc1)[C@@H](O)C(F)(F)F.[Ni]. The van der Waals surface area contributed by atoms with Gasteiger partial charge in [-0.3, -0.25) is 9.89 Å². The van der Waals surface area contributed by atoms with Crippen LogP contribution in [0.25, 0.3) is 5.32 Å². The third-order valence-corrected chi connectivity index (χ3v) is 6.47. The molecule has 7 nitrogen and oxygen atoms in total. The van der Waals surface area contributed by atoms with Gasteiger partial charge in [0.2, 0.25) is 0 Å². The minimum Gasteiger partial charge on any atom is -0.625 e. The first-order valence-corrected chi connectivity index (χ1v) is 12.4. The van der Waals surface area contributed by atoms with E-state index in [1.165, 1.54) is 12.1 Å². The number of benzene rings is 3. The molecule has 3 atom stereocenters. The number of halogens is 3. The molecule has 0 saturated carbocycles. The molecule has 0 radical (unpaired) electrons. The Morgan fingerprint density at radius 1 is 0.975 bits per heavy atom. The Balaban J connectivity index is 0.00000441. The van der Waals surface area contributed by atoms with Crippen LogP contribution in [0.5, 0.6) is 0 Å². The molecule has 3 aromatic rings. The van der Waals surface area contributed by atoms with E-state index < -0.39 is 36.2 Å². The van der Waals surface area contributed by atoms with E-state index >= 15 is 0 Å². The molecule has 1 heterocycles. The van der Waals surface area contributed by atoms with Crippen molar-refractivity contribution in [3.05, 3.63) is 107 Å². The van der Waals surface area contributed by atoms with Crippen LogP contribution >= 0.6 is 0 Å². The summed E-state index contributed by atoms with van der Waals surface area (Å²) in [5.41, 5.74) is 1.54. The molecule has 4 rings (SSSR count). The maximum Gasteiger partial charge on any atom is 0.417 e. The Bertz CT molecular complexity index is 1320. The normalized spacial score (nSPS) is 17.5. The number of para-hydroxylation sites is 1. The Morgan fingerprint density at radius 2 is 1.57 bits per heavy atom. The van der Waals surface area contributed by atoms with Gasteiger partial charge >= 0.3 is 12.1 Å². The van der Waals surface area contributed by atoms with Crippen LogP contribution in [0, 0.1) is 0 Å². The monoisotopic (exact) mass is 596 g/mol. The summed E-state index contributed by atoms with van der Waals surface area (Å²) >= 11 is 0. The number of amides is 1. The number of hydrogen-bond acceptors (Lipinski definition) is 5. The predicted molar refractivity (Wildman–Crippen MR) is 140 cm³/mol. The van der Waals surface area contributed by atoms with Gasteiger partial charge in [-0.05, 0) is 30.5 Å².